The maximum absolute atomic E-state index is 11.3. The van der Waals surface area contributed by atoms with Gasteiger partial charge in [0.1, 0.15) is 0 Å². The number of hydrogen-bond donors (Lipinski definition) is 1. The van der Waals surface area contributed by atoms with Crippen LogP contribution >= 0.6 is 0 Å². The van der Waals surface area contributed by atoms with E-state index in [-0.39, 0.29) is 0 Å². The van der Waals surface area contributed by atoms with Crippen molar-refractivity contribution in [3.05, 3.63) is 35.9 Å². The molecule has 1 unspecified atom stereocenters. The third-order valence-corrected chi connectivity index (χ3v) is 2.09. The van der Waals surface area contributed by atoms with Crippen molar-refractivity contribution in [2.75, 3.05) is 0 Å². The lowest BCUT2D eigenvalue weighted by Crippen LogP contribution is -2.21. The van der Waals surface area contributed by atoms with E-state index in [1.165, 1.54) is 0 Å². The van der Waals surface area contributed by atoms with Crippen molar-refractivity contribution in [3.63, 3.8) is 0 Å². The summed E-state index contributed by atoms with van der Waals surface area (Å²) < 4.78 is 4.73. The number of carbonyl (C=O) groups excluding carboxylic acids is 2. The van der Waals surface area contributed by atoms with Crippen LogP contribution in [0.4, 0.5) is 0 Å². The van der Waals surface area contributed by atoms with Crippen LogP contribution in [0.5, 0.6) is 0 Å². The third kappa shape index (κ3) is 1.29. The molecule has 4 heteroatoms. The number of ether oxygens (including phenoxy) is 1. The van der Waals surface area contributed by atoms with Crippen LogP contribution in [0.2, 0.25) is 0 Å². The molecule has 0 saturated carbocycles. The summed E-state index contributed by atoms with van der Waals surface area (Å²) in [6.45, 7) is 0. The minimum absolute atomic E-state index is 0.586. The second kappa shape index (κ2) is 3.23. The number of rotatable bonds is 1. The van der Waals surface area contributed by atoms with E-state index < -0.39 is 24.0 Å². The first-order valence-corrected chi connectivity index (χ1v) is 4.17. The maximum atomic E-state index is 11.3. The van der Waals surface area contributed by atoms with Crippen molar-refractivity contribution in [2.24, 2.45) is 0 Å². The van der Waals surface area contributed by atoms with Crippen LogP contribution in [-0.4, -0.2) is 23.0 Å². The van der Waals surface area contributed by atoms with Gasteiger partial charge in [-0.2, -0.15) is 0 Å². The van der Waals surface area contributed by atoms with E-state index in [0.29, 0.717) is 5.56 Å². The normalized spacial score (nSPS) is 26.4. The van der Waals surface area contributed by atoms with Gasteiger partial charge in [0.25, 0.3) is 0 Å². The second-order valence-corrected chi connectivity index (χ2v) is 3.03. The zero-order valence-corrected chi connectivity index (χ0v) is 7.21. The Morgan fingerprint density at radius 2 is 1.79 bits per heavy atom. The Hall–Kier alpha value is -1.68. The number of hydrogen-bond acceptors (Lipinski definition) is 4. The Kier molecular flexibility index (Phi) is 2.05. The fourth-order valence-corrected chi connectivity index (χ4v) is 1.36. The molecule has 72 valence electrons. The molecule has 0 bridgehead atoms. The lowest BCUT2D eigenvalue weighted by Gasteiger charge is -2.06. The molecule has 0 aromatic heterocycles. The topological polar surface area (TPSA) is 63.6 Å². The maximum Gasteiger partial charge on any atom is 0.344 e. The van der Waals surface area contributed by atoms with E-state index in [1.54, 1.807) is 30.3 Å². The molecule has 1 saturated heterocycles. The molecular weight excluding hydrogens is 184 g/mol. The van der Waals surface area contributed by atoms with Gasteiger partial charge in [-0.1, -0.05) is 30.3 Å². The highest BCUT2D eigenvalue weighted by atomic mass is 16.6. The first-order chi connectivity index (χ1) is 6.70. The summed E-state index contributed by atoms with van der Waals surface area (Å²) in [6.07, 6.45) is -2.57. The van der Waals surface area contributed by atoms with Crippen LogP contribution in [-0.2, 0) is 14.3 Å². The number of ketones is 1. The minimum atomic E-state index is -1.62. The number of Topliss-reactive ketones (excluding diaryl/α,β-unsaturated/α-hetero) is 1. The van der Waals surface area contributed by atoms with Crippen LogP contribution in [0.1, 0.15) is 11.7 Å². The predicted octanol–water partition coefficient (Wildman–Crippen LogP) is 0.214. The molecule has 0 spiro atoms. The van der Waals surface area contributed by atoms with Crippen molar-refractivity contribution in [3.8, 4) is 0 Å². The Labute approximate surface area is 80.1 Å². The summed E-state index contributed by atoms with van der Waals surface area (Å²) in [7, 11) is 0. The third-order valence-electron chi connectivity index (χ3n) is 2.09. The van der Waals surface area contributed by atoms with Crippen LogP contribution in [0.15, 0.2) is 30.3 Å². The summed E-state index contributed by atoms with van der Waals surface area (Å²) >= 11 is 0. The molecule has 0 radical (unpaired) electrons. The summed E-state index contributed by atoms with van der Waals surface area (Å²) in [4.78, 5) is 22.2. The number of esters is 1. The van der Waals surface area contributed by atoms with Crippen molar-refractivity contribution in [1.29, 1.82) is 0 Å². The number of aliphatic hydroxyl groups excluding tert-OH is 1. The van der Waals surface area contributed by atoms with E-state index in [1.807, 2.05) is 0 Å². The van der Waals surface area contributed by atoms with Gasteiger partial charge in [-0.3, -0.25) is 4.79 Å². The molecule has 0 aliphatic carbocycles. The molecule has 0 amide bonds. The van der Waals surface area contributed by atoms with Crippen molar-refractivity contribution in [2.45, 2.75) is 12.2 Å². The molecule has 1 aliphatic heterocycles. The van der Waals surface area contributed by atoms with Gasteiger partial charge in [0, 0.05) is 5.56 Å². The molecule has 1 aromatic carbocycles. The highest BCUT2D eigenvalue weighted by Crippen LogP contribution is 2.26. The van der Waals surface area contributed by atoms with Gasteiger partial charge in [0.05, 0.1) is 0 Å². The number of aliphatic hydroxyl groups is 1. The minimum Gasteiger partial charge on any atom is -0.447 e. The first-order valence-electron chi connectivity index (χ1n) is 4.17. The summed E-state index contributed by atoms with van der Waals surface area (Å²) in [5.41, 5.74) is 0.586. The molecule has 2 atom stereocenters. The highest BCUT2D eigenvalue weighted by Gasteiger charge is 2.42. The van der Waals surface area contributed by atoms with E-state index in [9.17, 15) is 9.59 Å². The fraction of sp³-hybridized carbons (Fsp3) is 0.200. The lowest BCUT2D eigenvalue weighted by atomic mass is 10.1. The second-order valence-electron chi connectivity index (χ2n) is 3.03. The van der Waals surface area contributed by atoms with Crippen LogP contribution in [0, 0.1) is 0 Å². The van der Waals surface area contributed by atoms with Crippen molar-refractivity contribution >= 4 is 11.8 Å². The summed E-state index contributed by atoms with van der Waals surface area (Å²) in [6, 6.07) is 8.62. The van der Waals surface area contributed by atoms with E-state index in [0.717, 1.165) is 0 Å². The van der Waals surface area contributed by atoms with E-state index in [2.05, 4.69) is 0 Å². The SMILES string of the molecule is O=C1O[C@H](c2ccccc2)C(=O)C1O. The zero-order valence-electron chi connectivity index (χ0n) is 7.21. The Balaban J connectivity index is 2.30. The number of cyclic esters (lactones) is 1. The molecular formula is C10H8O4. The molecule has 1 aromatic rings. The summed E-state index contributed by atoms with van der Waals surface area (Å²) in [5.74, 6) is -1.47. The average Bonchev–Trinajstić information content (AvgIpc) is 2.47. The molecule has 4 nitrogen and oxygen atoms in total. The van der Waals surface area contributed by atoms with Gasteiger partial charge >= 0.3 is 5.97 Å². The molecule has 2 rings (SSSR count). The smallest absolute Gasteiger partial charge is 0.344 e. The van der Waals surface area contributed by atoms with Gasteiger partial charge in [-0.05, 0) is 0 Å². The molecule has 1 N–H and O–H groups in total. The van der Waals surface area contributed by atoms with Gasteiger partial charge in [-0.25, -0.2) is 4.79 Å². The number of benzene rings is 1. The number of carbonyl (C=O) groups is 2. The lowest BCUT2D eigenvalue weighted by molar-refractivity contribution is -0.147. The summed E-state index contributed by atoms with van der Waals surface area (Å²) in [5, 5.41) is 9.07. The molecule has 1 aliphatic rings. The predicted molar refractivity (Wildman–Crippen MR) is 46.3 cm³/mol. The van der Waals surface area contributed by atoms with Crippen molar-refractivity contribution < 1.29 is 19.4 Å². The molecule has 1 heterocycles. The van der Waals surface area contributed by atoms with Gasteiger partial charge in [0.15, 0.2) is 6.10 Å². The molecule has 14 heavy (non-hydrogen) atoms. The van der Waals surface area contributed by atoms with Crippen LogP contribution in [0.25, 0.3) is 0 Å². The van der Waals surface area contributed by atoms with E-state index in [4.69, 9.17) is 9.84 Å². The Bertz CT molecular complexity index is 371. The monoisotopic (exact) mass is 192 g/mol. The fourth-order valence-electron chi connectivity index (χ4n) is 1.36. The quantitative estimate of drug-likeness (QED) is 0.510. The Morgan fingerprint density at radius 3 is 2.29 bits per heavy atom. The van der Waals surface area contributed by atoms with Gasteiger partial charge < -0.3 is 9.84 Å². The van der Waals surface area contributed by atoms with Gasteiger partial charge in [0.2, 0.25) is 11.9 Å². The van der Waals surface area contributed by atoms with Crippen LogP contribution < -0.4 is 0 Å². The highest BCUT2D eigenvalue weighted by molar-refractivity contribution is 6.09. The first kappa shape index (κ1) is 8.90. The van der Waals surface area contributed by atoms with E-state index >= 15 is 0 Å². The average molecular weight is 192 g/mol. The van der Waals surface area contributed by atoms with Crippen molar-refractivity contribution in [1.82, 2.24) is 0 Å². The Morgan fingerprint density at radius 1 is 1.14 bits per heavy atom. The van der Waals surface area contributed by atoms with Crippen LogP contribution in [0.3, 0.4) is 0 Å². The largest absolute Gasteiger partial charge is 0.447 e. The molecule has 1 fully saturated rings. The standard InChI is InChI=1S/C10H8O4/c11-7-8(12)10(13)14-9(7)6-4-2-1-3-5-6/h1-5,8-9,12H/t8?,9-/m1/s1. The zero-order chi connectivity index (χ0) is 10.1. The van der Waals surface area contributed by atoms with Gasteiger partial charge in [-0.15, -0.1) is 0 Å².